The maximum absolute atomic E-state index is 13.5. The highest BCUT2D eigenvalue weighted by Gasteiger charge is 2.34. The average Bonchev–Trinajstić information content (AvgIpc) is 2.89. The number of halogens is 4. The van der Waals surface area contributed by atoms with Crippen molar-refractivity contribution >= 4 is 21.7 Å². The van der Waals surface area contributed by atoms with Crippen LogP contribution in [0.3, 0.4) is 0 Å². The minimum atomic E-state index is -4.49. The SMILES string of the molecule is O=S(=O)(Nc1ncc(F)cn1)c1ccc2c(c1)OCCC2c1ccc(C(F)(F)F)cc1N1CCOCC1. The minimum Gasteiger partial charge on any atom is -0.493 e. The fourth-order valence-electron chi connectivity index (χ4n) is 4.50. The zero-order valence-corrected chi connectivity index (χ0v) is 20.2. The van der Waals surface area contributed by atoms with Crippen LogP contribution in [0.1, 0.15) is 29.0 Å². The van der Waals surface area contributed by atoms with E-state index in [0.29, 0.717) is 55.3 Å². The van der Waals surface area contributed by atoms with Gasteiger partial charge in [-0.25, -0.2) is 27.5 Å². The number of hydrogen-bond donors (Lipinski definition) is 1. The number of hydrogen-bond acceptors (Lipinski definition) is 7. The van der Waals surface area contributed by atoms with E-state index in [-0.39, 0.29) is 23.4 Å². The minimum absolute atomic E-state index is 0.124. The Morgan fingerprint density at radius 2 is 1.68 bits per heavy atom. The van der Waals surface area contributed by atoms with E-state index in [4.69, 9.17) is 9.47 Å². The summed E-state index contributed by atoms with van der Waals surface area (Å²) < 4.78 is 92.7. The van der Waals surface area contributed by atoms with Crippen LogP contribution in [0.15, 0.2) is 53.7 Å². The average molecular weight is 539 g/mol. The molecule has 2 aliphatic rings. The molecule has 0 amide bonds. The van der Waals surface area contributed by atoms with Crippen LogP contribution in [0.5, 0.6) is 5.75 Å². The molecule has 2 aromatic carbocycles. The van der Waals surface area contributed by atoms with E-state index in [9.17, 15) is 26.0 Å². The van der Waals surface area contributed by atoms with Crippen LogP contribution in [-0.2, 0) is 20.9 Å². The number of nitrogens with zero attached hydrogens (tertiary/aromatic N) is 3. The number of alkyl halides is 3. The molecule has 1 fully saturated rings. The molecule has 2 aliphatic heterocycles. The highest BCUT2D eigenvalue weighted by atomic mass is 32.2. The molecule has 0 bridgehead atoms. The Labute approximate surface area is 210 Å². The standard InChI is InChI=1S/C24H22F4N4O4S/c25-16-13-29-23(30-14-16)31-37(33,34)17-2-4-20-18(5-8-36-22(20)12-17)19-3-1-15(24(26,27)28)11-21(19)32-6-9-35-10-7-32/h1-4,11-14,18H,5-10H2,(H,29,30,31). The van der Waals surface area contributed by atoms with Crippen LogP contribution in [0.2, 0.25) is 0 Å². The predicted octanol–water partition coefficient (Wildman–Crippen LogP) is 4.19. The third-order valence-electron chi connectivity index (χ3n) is 6.27. The fraction of sp³-hybridized carbons (Fsp3) is 0.333. The first-order valence-electron chi connectivity index (χ1n) is 11.4. The van der Waals surface area contributed by atoms with Crippen LogP contribution < -0.4 is 14.4 Å². The molecule has 0 spiro atoms. The molecule has 1 aromatic heterocycles. The van der Waals surface area contributed by atoms with E-state index >= 15 is 0 Å². The van der Waals surface area contributed by atoms with Crippen LogP contribution >= 0.6 is 0 Å². The molecule has 1 atom stereocenters. The quantitative estimate of drug-likeness (QED) is 0.487. The van der Waals surface area contributed by atoms with Crippen molar-refractivity contribution in [3.63, 3.8) is 0 Å². The second-order valence-electron chi connectivity index (χ2n) is 8.59. The number of rotatable bonds is 5. The van der Waals surface area contributed by atoms with Crippen LogP contribution in [-0.4, -0.2) is 51.3 Å². The van der Waals surface area contributed by atoms with Gasteiger partial charge in [0.25, 0.3) is 10.0 Å². The van der Waals surface area contributed by atoms with Crippen molar-refractivity contribution in [2.45, 2.75) is 23.4 Å². The third kappa shape index (κ3) is 5.32. The highest BCUT2D eigenvalue weighted by molar-refractivity contribution is 7.92. The Hall–Kier alpha value is -3.45. The summed E-state index contributed by atoms with van der Waals surface area (Å²) in [6.07, 6.45) is -2.32. The largest absolute Gasteiger partial charge is 0.493 e. The molecule has 196 valence electrons. The molecular formula is C24H22F4N4O4S. The molecule has 1 N–H and O–H groups in total. The second-order valence-corrected chi connectivity index (χ2v) is 10.3. The van der Waals surface area contributed by atoms with Gasteiger partial charge in [0, 0.05) is 36.3 Å². The Morgan fingerprint density at radius 3 is 2.38 bits per heavy atom. The van der Waals surface area contributed by atoms with Gasteiger partial charge in [-0.3, -0.25) is 0 Å². The van der Waals surface area contributed by atoms with Gasteiger partial charge in [-0.1, -0.05) is 12.1 Å². The second kappa shape index (κ2) is 9.78. The summed E-state index contributed by atoms with van der Waals surface area (Å²) >= 11 is 0. The Bertz CT molecular complexity index is 1390. The van der Waals surface area contributed by atoms with E-state index in [1.54, 1.807) is 6.07 Å². The summed E-state index contributed by atoms with van der Waals surface area (Å²) in [5.74, 6) is -1.00. The van der Waals surface area contributed by atoms with Gasteiger partial charge in [-0.15, -0.1) is 0 Å². The molecule has 3 aromatic rings. The first-order valence-corrected chi connectivity index (χ1v) is 12.9. The van der Waals surface area contributed by atoms with Crippen molar-refractivity contribution in [2.24, 2.45) is 0 Å². The maximum atomic E-state index is 13.5. The molecule has 0 saturated carbocycles. The molecule has 1 saturated heterocycles. The molecule has 8 nitrogen and oxygen atoms in total. The monoisotopic (exact) mass is 538 g/mol. The van der Waals surface area contributed by atoms with Gasteiger partial charge < -0.3 is 14.4 Å². The lowest BCUT2D eigenvalue weighted by atomic mass is 9.85. The predicted molar refractivity (Wildman–Crippen MR) is 126 cm³/mol. The number of anilines is 2. The van der Waals surface area contributed by atoms with Gasteiger partial charge >= 0.3 is 6.18 Å². The van der Waals surface area contributed by atoms with Crippen molar-refractivity contribution in [1.29, 1.82) is 0 Å². The lowest BCUT2D eigenvalue weighted by Crippen LogP contribution is -2.37. The van der Waals surface area contributed by atoms with E-state index in [0.717, 1.165) is 18.5 Å². The first kappa shape index (κ1) is 25.2. The fourth-order valence-corrected chi connectivity index (χ4v) is 5.47. The van der Waals surface area contributed by atoms with Crippen LogP contribution in [0, 0.1) is 5.82 Å². The normalized spacial score (nSPS) is 18.2. The van der Waals surface area contributed by atoms with Gasteiger partial charge in [0.1, 0.15) is 5.75 Å². The van der Waals surface area contributed by atoms with Crippen LogP contribution in [0.4, 0.5) is 29.2 Å². The summed E-state index contributed by atoms with van der Waals surface area (Å²) in [5.41, 5.74) is 1.11. The van der Waals surface area contributed by atoms with E-state index in [1.165, 1.54) is 24.3 Å². The summed E-state index contributed by atoms with van der Waals surface area (Å²) in [6, 6.07) is 8.06. The van der Waals surface area contributed by atoms with Crippen LogP contribution in [0.25, 0.3) is 0 Å². The zero-order valence-electron chi connectivity index (χ0n) is 19.3. The van der Waals surface area contributed by atoms with Gasteiger partial charge in [-0.2, -0.15) is 13.2 Å². The smallest absolute Gasteiger partial charge is 0.416 e. The topological polar surface area (TPSA) is 93.7 Å². The number of sulfonamides is 1. The maximum Gasteiger partial charge on any atom is 0.416 e. The number of nitrogens with one attached hydrogen (secondary N) is 1. The summed E-state index contributed by atoms with van der Waals surface area (Å²) in [5, 5.41) is 0. The molecule has 1 unspecified atom stereocenters. The molecule has 5 rings (SSSR count). The Morgan fingerprint density at radius 1 is 0.973 bits per heavy atom. The third-order valence-corrected chi connectivity index (χ3v) is 7.59. The molecule has 3 heterocycles. The summed E-state index contributed by atoms with van der Waals surface area (Å²) in [6.45, 7) is 1.98. The molecule has 0 aliphatic carbocycles. The van der Waals surface area contributed by atoms with E-state index < -0.39 is 27.6 Å². The van der Waals surface area contributed by atoms with Crippen molar-refractivity contribution in [3.8, 4) is 5.75 Å². The van der Waals surface area contributed by atoms with Gasteiger partial charge in [-0.05, 0) is 30.2 Å². The number of aromatic nitrogens is 2. The number of morpholine rings is 1. The van der Waals surface area contributed by atoms with Crippen molar-refractivity contribution in [2.75, 3.05) is 42.5 Å². The van der Waals surface area contributed by atoms with Crippen molar-refractivity contribution in [3.05, 3.63) is 71.3 Å². The molecule has 0 radical (unpaired) electrons. The van der Waals surface area contributed by atoms with Crippen molar-refractivity contribution in [1.82, 2.24) is 9.97 Å². The summed E-state index contributed by atoms with van der Waals surface area (Å²) in [7, 11) is -4.11. The van der Waals surface area contributed by atoms with Crippen molar-refractivity contribution < 1.29 is 35.5 Å². The zero-order chi connectivity index (χ0) is 26.2. The lowest BCUT2D eigenvalue weighted by molar-refractivity contribution is -0.137. The van der Waals surface area contributed by atoms with Gasteiger partial charge in [0.2, 0.25) is 5.95 Å². The highest BCUT2D eigenvalue weighted by Crippen LogP contribution is 2.44. The first-order chi connectivity index (χ1) is 17.6. The summed E-state index contributed by atoms with van der Waals surface area (Å²) in [4.78, 5) is 8.97. The number of benzene rings is 2. The van der Waals surface area contributed by atoms with Gasteiger partial charge in [0.05, 0.1) is 42.7 Å². The lowest BCUT2D eigenvalue weighted by Gasteiger charge is -2.34. The number of ether oxygens (including phenoxy) is 2. The van der Waals surface area contributed by atoms with Gasteiger partial charge in [0.15, 0.2) is 5.82 Å². The molecule has 37 heavy (non-hydrogen) atoms. The Kier molecular flexibility index (Phi) is 6.67. The van der Waals surface area contributed by atoms with E-state index in [2.05, 4.69) is 14.7 Å². The molecule has 13 heteroatoms. The molecular weight excluding hydrogens is 516 g/mol. The Balaban J connectivity index is 1.50. The van der Waals surface area contributed by atoms with E-state index in [1.807, 2.05) is 4.90 Å². The number of fused-ring (bicyclic) bond motifs is 1.